The van der Waals surface area contributed by atoms with Gasteiger partial charge in [0, 0.05) is 0 Å². The van der Waals surface area contributed by atoms with E-state index in [0.717, 1.165) is 29.9 Å². The van der Waals surface area contributed by atoms with E-state index in [4.69, 9.17) is 4.74 Å². The number of aryl methyl sites for hydroxylation is 1. The predicted molar refractivity (Wildman–Crippen MR) is 62.7 cm³/mol. The maximum Gasteiger partial charge on any atom is 0.309 e. The highest BCUT2D eigenvalue weighted by Gasteiger charge is 2.06. The molecule has 0 saturated heterocycles. The van der Waals surface area contributed by atoms with Crippen LogP contribution < -0.4 is 4.74 Å². The zero-order valence-corrected chi connectivity index (χ0v) is 10.1. The smallest absolute Gasteiger partial charge is 0.309 e. The Kier molecular flexibility index (Phi) is 4.83. The second-order valence-corrected chi connectivity index (χ2v) is 3.69. The molecule has 0 unspecified atom stereocenters. The Morgan fingerprint density at radius 3 is 2.69 bits per heavy atom. The van der Waals surface area contributed by atoms with Gasteiger partial charge in [-0.25, -0.2) is 0 Å². The SMILES string of the molecule is CCCOc1ccc(CC(=O)OC)c(C)c1. The number of benzene rings is 1. The van der Waals surface area contributed by atoms with Crippen LogP contribution in [0.5, 0.6) is 5.75 Å². The molecule has 0 radical (unpaired) electrons. The van der Waals surface area contributed by atoms with E-state index in [9.17, 15) is 4.79 Å². The highest BCUT2D eigenvalue weighted by atomic mass is 16.5. The van der Waals surface area contributed by atoms with Crippen LogP contribution in [-0.4, -0.2) is 19.7 Å². The zero-order chi connectivity index (χ0) is 12.0. The van der Waals surface area contributed by atoms with Gasteiger partial charge in [0.25, 0.3) is 0 Å². The molecule has 1 rings (SSSR count). The number of rotatable bonds is 5. The standard InChI is InChI=1S/C13H18O3/c1-4-7-16-12-6-5-11(10(2)8-12)9-13(14)15-3/h5-6,8H,4,7,9H2,1-3H3. The molecular formula is C13H18O3. The van der Waals surface area contributed by atoms with E-state index in [1.54, 1.807) is 0 Å². The van der Waals surface area contributed by atoms with E-state index in [1.165, 1.54) is 7.11 Å². The average molecular weight is 222 g/mol. The van der Waals surface area contributed by atoms with Crippen LogP contribution in [0.4, 0.5) is 0 Å². The fourth-order valence-electron chi connectivity index (χ4n) is 1.40. The third kappa shape index (κ3) is 3.57. The van der Waals surface area contributed by atoms with Gasteiger partial charge in [0.15, 0.2) is 0 Å². The monoisotopic (exact) mass is 222 g/mol. The van der Waals surface area contributed by atoms with Gasteiger partial charge < -0.3 is 9.47 Å². The first-order valence-electron chi connectivity index (χ1n) is 5.46. The van der Waals surface area contributed by atoms with Crippen LogP contribution in [0.15, 0.2) is 18.2 Å². The molecule has 0 heterocycles. The van der Waals surface area contributed by atoms with Crippen LogP contribution >= 0.6 is 0 Å². The van der Waals surface area contributed by atoms with Crippen LogP contribution in [0.2, 0.25) is 0 Å². The summed E-state index contributed by atoms with van der Waals surface area (Å²) >= 11 is 0. The summed E-state index contributed by atoms with van der Waals surface area (Å²) < 4.78 is 10.1. The van der Waals surface area contributed by atoms with Crippen LogP contribution in [0.25, 0.3) is 0 Å². The van der Waals surface area contributed by atoms with Crippen LogP contribution in [0.1, 0.15) is 24.5 Å². The molecule has 0 bridgehead atoms. The molecule has 1 aromatic rings. The quantitative estimate of drug-likeness (QED) is 0.718. The molecule has 0 aliphatic carbocycles. The normalized spacial score (nSPS) is 9.94. The van der Waals surface area contributed by atoms with Gasteiger partial charge >= 0.3 is 5.97 Å². The summed E-state index contributed by atoms with van der Waals surface area (Å²) in [6.07, 6.45) is 1.30. The topological polar surface area (TPSA) is 35.5 Å². The summed E-state index contributed by atoms with van der Waals surface area (Å²) in [4.78, 5) is 11.1. The molecule has 0 atom stereocenters. The minimum absolute atomic E-state index is 0.217. The summed E-state index contributed by atoms with van der Waals surface area (Å²) in [7, 11) is 1.40. The number of hydrogen-bond acceptors (Lipinski definition) is 3. The first-order valence-corrected chi connectivity index (χ1v) is 5.46. The molecule has 0 aliphatic heterocycles. The molecule has 0 spiro atoms. The molecule has 0 aliphatic rings. The van der Waals surface area contributed by atoms with Gasteiger partial charge in [0.05, 0.1) is 20.1 Å². The van der Waals surface area contributed by atoms with Crippen molar-refractivity contribution in [2.24, 2.45) is 0 Å². The van der Waals surface area contributed by atoms with Gasteiger partial charge in [-0.05, 0) is 36.6 Å². The Bertz CT molecular complexity index is 358. The number of esters is 1. The first kappa shape index (κ1) is 12.6. The molecule has 0 aromatic heterocycles. The zero-order valence-electron chi connectivity index (χ0n) is 10.1. The van der Waals surface area contributed by atoms with Crippen molar-refractivity contribution in [3.05, 3.63) is 29.3 Å². The Morgan fingerprint density at radius 2 is 2.12 bits per heavy atom. The molecular weight excluding hydrogens is 204 g/mol. The molecule has 0 saturated carbocycles. The third-order valence-electron chi connectivity index (χ3n) is 2.35. The molecule has 0 N–H and O–H groups in total. The number of ether oxygens (including phenoxy) is 2. The maximum absolute atomic E-state index is 11.1. The van der Waals surface area contributed by atoms with E-state index in [2.05, 4.69) is 11.7 Å². The third-order valence-corrected chi connectivity index (χ3v) is 2.35. The van der Waals surface area contributed by atoms with Gasteiger partial charge in [0.2, 0.25) is 0 Å². The van der Waals surface area contributed by atoms with Crippen molar-refractivity contribution in [2.45, 2.75) is 26.7 Å². The molecule has 0 fully saturated rings. The first-order chi connectivity index (χ1) is 7.67. The Morgan fingerprint density at radius 1 is 1.38 bits per heavy atom. The number of carbonyl (C=O) groups excluding carboxylic acids is 1. The molecule has 3 heteroatoms. The fourth-order valence-corrected chi connectivity index (χ4v) is 1.40. The molecule has 88 valence electrons. The summed E-state index contributed by atoms with van der Waals surface area (Å²) in [6, 6.07) is 5.76. The number of carbonyl (C=O) groups is 1. The summed E-state index contributed by atoms with van der Waals surface area (Å²) in [5.41, 5.74) is 2.04. The van der Waals surface area contributed by atoms with Crippen LogP contribution in [0, 0.1) is 6.92 Å². The highest BCUT2D eigenvalue weighted by Crippen LogP contribution is 2.18. The second kappa shape index (κ2) is 6.16. The Balaban J connectivity index is 2.71. The highest BCUT2D eigenvalue weighted by molar-refractivity contribution is 5.72. The molecule has 16 heavy (non-hydrogen) atoms. The molecule has 3 nitrogen and oxygen atoms in total. The number of methoxy groups -OCH3 is 1. The van der Waals surface area contributed by atoms with Crippen molar-refractivity contribution >= 4 is 5.97 Å². The largest absolute Gasteiger partial charge is 0.494 e. The van der Waals surface area contributed by atoms with Gasteiger partial charge in [-0.15, -0.1) is 0 Å². The number of hydrogen-bond donors (Lipinski definition) is 0. The van der Waals surface area contributed by atoms with E-state index in [0.29, 0.717) is 6.42 Å². The molecule has 1 aromatic carbocycles. The lowest BCUT2D eigenvalue weighted by Crippen LogP contribution is -2.06. The maximum atomic E-state index is 11.1. The van der Waals surface area contributed by atoms with E-state index in [1.807, 2.05) is 25.1 Å². The van der Waals surface area contributed by atoms with Crippen molar-refractivity contribution in [1.29, 1.82) is 0 Å². The van der Waals surface area contributed by atoms with E-state index in [-0.39, 0.29) is 5.97 Å². The van der Waals surface area contributed by atoms with Crippen molar-refractivity contribution in [1.82, 2.24) is 0 Å². The van der Waals surface area contributed by atoms with Crippen molar-refractivity contribution in [2.75, 3.05) is 13.7 Å². The molecule has 0 amide bonds. The summed E-state index contributed by atoms with van der Waals surface area (Å²) in [5.74, 6) is 0.637. The Labute approximate surface area is 96.4 Å². The van der Waals surface area contributed by atoms with Gasteiger partial charge in [-0.2, -0.15) is 0 Å². The Hall–Kier alpha value is -1.51. The lowest BCUT2D eigenvalue weighted by Gasteiger charge is -2.08. The lowest BCUT2D eigenvalue weighted by atomic mass is 10.1. The minimum Gasteiger partial charge on any atom is -0.494 e. The van der Waals surface area contributed by atoms with E-state index < -0.39 is 0 Å². The van der Waals surface area contributed by atoms with Gasteiger partial charge in [-0.1, -0.05) is 13.0 Å². The summed E-state index contributed by atoms with van der Waals surface area (Å²) in [6.45, 7) is 4.76. The van der Waals surface area contributed by atoms with Crippen molar-refractivity contribution < 1.29 is 14.3 Å². The van der Waals surface area contributed by atoms with Crippen molar-refractivity contribution in [3.63, 3.8) is 0 Å². The van der Waals surface area contributed by atoms with E-state index >= 15 is 0 Å². The van der Waals surface area contributed by atoms with Crippen LogP contribution in [0.3, 0.4) is 0 Å². The van der Waals surface area contributed by atoms with Gasteiger partial charge in [-0.3, -0.25) is 4.79 Å². The lowest BCUT2D eigenvalue weighted by molar-refractivity contribution is -0.139. The van der Waals surface area contributed by atoms with Crippen molar-refractivity contribution in [3.8, 4) is 5.75 Å². The second-order valence-electron chi connectivity index (χ2n) is 3.69. The average Bonchev–Trinajstić information content (AvgIpc) is 2.29. The predicted octanol–water partition coefficient (Wildman–Crippen LogP) is 2.50. The fraction of sp³-hybridized carbons (Fsp3) is 0.462. The van der Waals surface area contributed by atoms with Gasteiger partial charge in [0.1, 0.15) is 5.75 Å². The minimum atomic E-state index is -0.217. The van der Waals surface area contributed by atoms with Crippen LogP contribution in [-0.2, 0) is 16.0 Å². The summed E-state index contributed by atoms with van der Waals surface area (Å²) in [5, 5.41) is 0.